The van der Waals surface area contributed by atoms with E-state index in [9.17, 15) is 0 Å². The minimum absolute atomic E-state index is 0.678. The lowest BCUT2D eigenvalue weighted by molar-refractivity contribution is 0.655. The molecule has 3 nitrogen and oxygen atoms in total. The van der Waals surface area contributed by atoms with E-state index in [1.54, 1.807) is 0 Å². The summed E-state index contributed by atoms with van der Waals surface area (Å²) in [5.74, 6) is 0. The van der Waals surface area contributed by atoms with Crippen molar-refractivity contribution >= 4 is 0 Å². The largest absolute Gasteiger partial charge is 0.330 e. The van der Waals surface area contributed by atoms with E-state index in [-0.39, 0.29) is 0 Å². The van der Waals surface area contributed by atoms with Crippen molar-refractivity contribution in [2.75, 3.05) is 6.54 Å². The molecule has 2 rings (SSSR count). The van der Waals surface area contributed by atoms with E-state index >= 15 is 0 Å². The Kier molecular flexibility index (Phi) is 4.05. The van der Waals surface area contributed by atoms with Crippen LogP contribution in [0.2, 0.25) is 0 Å². The summed E-state index contributed by atoms with van der Waals surface area (Å²) in [4.78, 5) is 0. The van der Waals surface area contributed by atoms with Gasteiger partial charge in [-0.2, -0.15) is 5.10 Å². The minimum Gasteiger partial charge on any atom is -0.330 e. The van der Waals surface area contributed by atoms with Crippen LogP contribution in [0.15, 0.2) is 18.2 Å². The lowest BCUT2D eigenvalue weighted by Gasteiger charge is -2.09. The summed E-state index contributed by atoms with van der Waals surface area (Å²) in [5.41, 5.74) is 13.3. The van der Waals surface area contributed by atoms with E-state index in [0.717, 1.165) is 18.7 Å². The Labute approximate surface area is 115 Å². The number of rotatable bonds is 4. The molecule has 0 fully saturated rings. The quantitative estimate of drug-likeness (QED) is 0.915. The SMILES string of the molecule is Cc1ccc(Cn2nc(C)c(CCN)c2C)c(C)c1. The standard InChI is InChI=1S/C16H23N3/c1-11-5-6-15(12(2)9-11)10-19-14(4)16(7-8-17)13(3)18-19/h5-6,9H,7-8,10,17H2,1-4H3. The Bertz CT molecular complexity index is 582. The highest BCUT2D eigenvalue weighted by atomic mass is 15.3. The van der Waals surface area contributed by atoms with Crippen LogP contribution in [-0.2, 0) is 13.0 Å². The van der Waals surface area contributed by atoms with Gasteiger partial charge in [-0.05, 0) is 57.4 Å². The van der Waals surface area contributed by atoms with Gasteiger partial charge in [0.25, 0.3) is 0 Å². The molecule has 0 atom stereocenters. The first-order chi connectivity index (χ1) is 9.02. The molecule has 102 valence electrons. The number of nitrogens with zero attached hydrogens (tertiary/aromatic N) is 2. The summed E-state index contributed by atoms with van der Waals surface area (Å²) in [6.45, 7) is 10.00. The first kappa shape index (κ1) is 13.8. The highest BCUT2D eigenvalue weighted by molar-refractivity contribution is 5.32. The summed E-state index contributed by atoms with van der Waals surface area (Å²) in [7, 11) is 0. The van der Waals surface area contributed by atoms with E-state index in [1.807, 2.05) is 0 Å². The van der Waals surface area contributed by atoms with E-state index in [0.29, 0.717) is 6.54 Å². The van der Waals surface area contributed by atoms with Gasteiger partial charge in [-0.3, -0.25) is 4.68 Å². The van der Waals surface area contributed by atoms with Gasteiger partial charge >= 0.3 is 0 Å². The van der Waals surface area contributed by atoms with Crippen LogP contribution in [0.4, 0.5) is 0 Å². The number of hydrogen-bond acceptors (Lipinski definition) is 2. The van der Waals surface area contributed by atoms with E-state index in [4.69, 9.17) is 5.73 Å². The van der Waals surface area contributed by atoms with Gasteiger partial charge in [0.05, 0.1) is 12.2 Å². The predicted octanol–water partition coefficient (Wildman–Crippen LogP) is 2.67. The van der Waals surface area contributed by atoms with Gasteiger partial charge in [-0.25, -0.2) is 0 Å². The maximum Gasteiger partial charge on any atom is 0.0665 e. The maximum absolute atomic E-state index is 5.66. The number of benzene rings is 1. The molecule has 1 aromatic heterocycles. The molecule has 19 heavy (non-hydrogen) atoms. The third-order valence-corrected chi connectivity index (χ3v) is 3.74. The van der Waals surface area contributed by atoms with Crippen LogP contribution in [0.1, 0.15) is 33.6 Å². The van der Waals surface area contributed by atoms with Gasteiger partial charge in [0.2, 0.25) is 0 Å². The van der Waals surface area contributed by atoms with Crippen LogP contribution in [0.25, 0.3) is 0 Å². The summed E-state index contributed by atoms with van der Waals surface area (Å²) < 4.78 is 2.10. The molecule has 3 heteroatoms. The summed E-state index contributed by atoms with van der Waals surface area (Å²) >= 11 is 0. The van der Waals surface area contributed by atoms with Crippen LogP contribution in [0.5, 0.6) is 0 Å². The molecule has 0 unspecified atom stereocenters. The molecule has 0 spiro atoms. The fourth-order valence-corrected chi connectivity index (χ4v) is 2.58. The van der Waals surface area contributed by atoms with Crippen LogP contribution in [0.3, 0.4) is 0 Å². The Hall–Kier alpha value is -1.61. The Morgan fingerprint density at radius 3 is 2.53 bits per heavy atom. The average Bonchev–Trinajstić information content (AvgIpc) is 2.61. The first-order valence-corrected chi connectivity index (χ1v) is 6.82. The van der Waals surface area contributed by atoms with Gasteiger partial charge in [-0.1, -0.05) is 23.8 Å². The van der Waals surface area contributed by atoms with Crippen molar-refractivity contribution in [1.82, 2.24) is 9.78 Å². The van der Waals surface area contributed by atoms with Crippen molar-refractivity contribution in [3.05, 3.63) is 51.8 Å². The molecule has 2 aromatic rings. The number of aryl methyl sites for hydroxylation is 3. The van der Waals surface area contributed by atoms with Gasteiger partial charge in [-0.15, -0.1) is 0 Å². The molecule has 0 saturated heterocycles. The maximum atomic E-state index is 5.66. The van der Waals surface area contributed by atoms with Crippen LogP contribution >= 0.6 is 0 Å². The van der Waals surface area contributed by atoms with Crippen molar-refractivity contribution in [3.63, 3.8) is 0 Å². The van der Waals surface area contributed by atoms with Crippen molar-refractivity contribution in [3.8, 4) is 0 Å². The molecule has 0 aliphatic carbocycles. The summed E-state index contributed by atoms with van der Waals surface area (Å²) in [6, 6.07) is 6.58. The van der Waals surface area contributed by atoms with Crippen molar-refractivity contribution in [2.24, 2.45) is 5.73 Å². The van der Waals surface area contributed by atoms with E-state index in [1.165, 1.54) is 27.9 Å². The van der Waals surface area contributed by atoms with Gasteiger partial charge in [0.1, 0.15) is 0 Å². The van der Waals surface area contributed by atoms with Gasteiger partial charge in [0, 0.05) is 5.69 Å². The second-order valence-electron chi connectivity index (χ2n) is 5.28. The monoisotopic (exact) mass is 257 g/mol. The third kappa shape index (κ3) is 2.87. The third-order valence-electron chi connectivity index (χ3n) is 3.74. The molecule has 1 heterocycles. The van der Waals surface area contributed by atoms with Crippen LogP contribution in [0, 0.1) is 27.7 Å². The molecule has 0 radical (unpaired) electrons. The predicted molar refractivity (Wildman–Crippen MR) is 79.5 cm³/mol. The lowest BCUT2D eigenvalue weighted by atomic mass is 10.1. The Morgan fingerprint density at radius 2 is 1.89 bits per heavy atom. The summed E-state index contributed by atoms with van der Waals surface area (Å²) in [5, 5.41) is 4.65. The zero-order valence-electron chi connectivity index (χ0n) is 12.3. The van der Waals surface area contributed by atoms with Crippen molar-refractivity contribution in [1.29, 1.82) is 0 Å². The lowest BCUT2D eigenvalue weighted by Crippen LogP contribution is -2.07. The fourth-order valence-electron chi connectivity index (χ4n) is 2.58. The second kappa shape index (κ2) is 5.57. The van der Waals surface area contributed by atoms with Gasteiger partial charge in [0.15, 0.2) is 0 Å². The van der Waals surface area contributed by atoms with E-state index in [2.05, 4.69) is 55.7 Å². The van der Waals surface area contributed by atoms with Crippen molar-refractivity contribution < 1.29 is 0 Å². The number of nitrogens with two attached hydrogens (primary N) is 1. The summed E-state index contributed by atoms with van der Waals surface area (Å²) in [6.07, 6.45) is 0.907. The Morgan fingerprint density at radius 1 is 1.16 bits per heavy atom. The zero-order valence-corrected chi connectivity index (χ0v) is 12.3. The van der Waals surface area contributed by atoms with Crippen LogP contribution < -0.4 is 5.73 Å². The normalized spacial score (nSPS) is 11.0. The molecule has 0 saturated carbocycles. The molecule has 0 aliphatic heterocycles. The minimum atomic E-state index is 0.678. The smallest absolute Gasteiger partial charge is 0.0665 e. The molecule has 0 amide bonds. The van der Waals surface area contributed by atoms with Crippen LogP contribution in [-0.4, -0.2) is 16.3 Å². The molecular weight excluding hydrogens is 234 g/mol. The highest BCUT2D eigenvalue weighted by Crippen LogP contribution is 2.17. The molecular formula is C16H23N3. The molecule has 2 N–H and O–H groups in total. The van der Waals surface area contributed by atoms with E-state index < -0.39 is 0 Å². The number of hydrogen-bond donors (Lipinski definition) is 1. The molecule has 0 aliphatic rings. The number of aromatic nitrogens is 2. The Balaban J connectivity index is 2.31. The zero-order chi connectivity index (χ0) is 14.0. The first-order valence-electron chi connectivity index (χ1n) is 6.82. The average molecular weight is 257 g/mol. The molecule has 0 bridgehead atoms. The highest BCUT2D eigenvalue weighted by Gasteiger charge is 2.11. The topological polar surface area (TPSA) is 43.8 Å². The fraction of sp³-hybridized carbons (Fsp3) is 0.438. The van der Waals surface area contributed by atoms with Crippen molar-refractivity contribution in [2.45, 2.75) is 40.7 Å². The second-order valence-corrected chi connectivity index (χ2v) is 5.28. The molecule has 1 aromatic carbocycles. The van der Waals surface area contributed by atoms with Gasteiger partial charge < -0.3 is 5.73 Å².